The molecule has 8 aromatic carbocycles. The quantitative estimate of drug-likeness (QED) is 0.182. The molecule has 8 aromatic rings. The molecule has 1 heterocycles. The van der Waals surface area contributed by atoms with Crippen LogP contribution in [0.4, 0.5) is 17.1 Å². The Morgan fingerprint density at radius 2 is 1.02 bits per heavy atom. The molecule has 2 aliphatic rings. The predicted octanol–water partition coefficient (Wildman–Crippen LogP) is 13.8. The number of anilines is 3. The third kappa shape index (κ3) is 4.74. The van der Waals surface area contributed by atoms with E-state index in [-0.39, 0.29) is 5.41 Å². The number of ether oxygens (including phenoxy) is 2. The minimum atomic E-state index is -0.137. The minimum absolute atomic E-state index is 0.137. The summed E-state index contributed by atoms with van der Waals surface area (Å²) in [6.07, 6.45) is 0. The summed E-state index contributed by atoms with van der Waals surface area (Å²) in [5, 5.41) is 2.05. The lowest BCUT2D eigenvalue weighted by Crippen LogP contribution is -2.17. The molecule has 0 atom stereocenters. The van der Waals surface area contributed by atoms with Crippen molar-refractivity contribution in [2.45, 2.75) is 19.3 Å². The molecule has 248 valence electrons. The van der Waals surface area contributed by atoms with Gasteiger partial charge in [0.05, 0.1) is 11.1 Å². The van der Waals surface area contributed by atoms with E-state index in [4.69, 9.17) is 9.47 Å². The molecule has 0 radical (unpaired) electrons. The summed E-state index contributed by atoms with van der Waals surface area (Å²) in [4.78, 5) is 2.38. The topological polar surface area (TPSA) is 21.7 Å². The summed E-state index contributed by atoms with van der Waals surface area (Å²) >= 11 is 0. The van der Waals surface area contributed by atoms with Crippen LogP contribution < -0.4 is 14.4 Å². The SMILES string of the molecule is CC1(C)c2ccccc2-c2ccc(N(c3ccc(-c4ccccc4)cc3)c3ccccc3-c3cccc4c3Oc3cccc5cccc(c35)O4)cc21. The van der Waals surface area contributed by atoms with Crippen molar-refractivity contribution in [1.29, 1.82) is 0 Å². The first-order valence-electron chi connectivity index (χ1n) is 17.8. The third-order valence-corrected chi connectivity index (χ3v) is 10.7. The van der Waals surface area contributed by atoms with Crippen LogP contribution in [-0.2, 0) is 5.41 Å². The van der Waals surface area contributed by atoms with Gasteiger partial charge in [0.2, 0.25) is 0 Å². The number of para-hydroxylation sites is 2. The van der Waals surface area contributed by atoms with Crippen LogP contribution in [0.1, 0.15) is 25.0 Å². The maximum atomic E-state index is 6.85. The van der Waals surface area contributed by atoms with Crippen LogP contribution in [0.3, 0.4) is 0 Å². The zero-order chi connectivity index (χ0) is 34.8. The average Bonchev–Trinajstić information content (AvgIpc) is 3.29. The van der Waals surface area contributed by atoms with Crippen molar-refractivity contribution >= 4 is 27.8 Å². The standard InChI is InChI=1S/C49H35NO2/c1-49(2)41-20-8-6-17-37(41)38-30-29-36(31-42(38)49)50(35-27-25-33(26-28-35)32-13-4-3-5-14-32)43-21-9-7-18-39(43)40-19-12-24-46-48(40)52-45-23-11-16-34-15-10-22-44(51-46)47(34)45/h3-31H,1-2H3. The molecule has 0 saturated heterocycles. The Bertz CT molecular complexity index is 2650. The third-order valence-electron chi connectivity index (χ3n) is 10.7. The number of hydrogen-bond acceptors (Lipinski definition) is 3. The van der Waals surface area contributed by atoms with Gasteiger partial charge in [0.15, 0.2) is 11.5 Å². The van der Waals surface area contributed by atoms with Gasteiger partial charge in [-0.2, -0.15) is 0 Å². The second-order valence-corrected chi connectivity index (χ2v) is 14.1. The van der Waals surface area contributed by atoms with Crippen molar-refractivity contribution in [1.82, 2.24) is 0 Å². The summed E-state index contributed by atoms with van der Waals surface area (Å²) in [5.41, 5.74) is 12.7. The van der Waals surface area contributed by atoms with E-state index < -0.39 is 0 Å². The summed E-state index contributed by atoms with van der Waals surface area (Å²) in [6, 6.07) is 62.3. The molecule has 0 saturated carbocycles. The smallest absolute Gasteiger partial charge is 0.177 e. The Balaban J connectivity index is 1.16. The Labute approximate surface area is 304 Å². The molecule has 1 aliphatic carbocycles. The lowest BCUT2D eigenvalue weighted by molar-refractivity contribution is 0.441. The molecule has 52 heavy (non-hydrogen) atoms. The van der Waals surface area contributed by atoms with E-state index in [9.17, 15) is 0 Å². The van der Waals surface area contributed by atoms with E-state index in [1.54, 1.807) is 0 Å². The predicted molar refractivity (Wildman–Crippen MR) is 214 cm³/mol. The van der Waals surface area contributed by atoms with E-state index >= 15 is 0 Å². The highest BCUT2D eigenvalue weighted by molar-refractivity contribution is 5.97. The minimum Gasteiger partial charge on any atom is -0.453 e. The van der Waals surface area contributed by atoms with Crippen LogP contribution in [0.15, 0.2) is 176 Å². The highest BCUT2D eigenvalue weighted by atomic mass is 16.5. The molecular formula is C49H35NO2. The zero-order valence-corrected chi connectivity index (χ0v) is 29.0. The molecule has 0 fully saturated rings. The van der Waals surface area contributed by atoms with Gasteiger partial charge < -0.3 is 14.4 Å². The second kappa shape index (κ2) is 11.8. The van der Waals surface area contributed by atoms with Crippen molar-refractivity contribution < 1.29 is 9.47 Å². The molecule has 0 N–H and O–H groups in total. The zero-order valence-electron chi connectivity index (χ0n) is 29.0. The number of rotatable bonds is 5. The van der Waals surface area contributed by atoms with E-state index in [1.807, 2.05) is 30.3 Å². The highest BCUT2D eigenvalue weighted by Gasteiger charge is 2.36. The molecule has 0 aromatic heterocycles. The van der Waals surface area contributed by atoms with Crippen molar-refractivity contribution in [3.05, 3.63) is 187 Å². The van der Waals surface area contributed by atoms with Crippen LogP contribution in [-0.4, -0.2) is 0 Å². The summed E-state index contributed by atoms with van der Waals surface area (Å²) < 4.78 is 13.5. The lowest BCUT2D eigenvalue weighted by Gasteiger charge is -2.30. The Hall–Kier alpha value is -6.58. The molecule has 3 nitrogen and oxygen atoms in total. The number of fused-ring (bicyclic) bond motifs is 4. The van der Waals surface area contributed by atoms with Crippen LogP contribution in [0.2, 0.25) is 0 Å². The summed E-state index contributed by atoms with van der Waals surface area (Å²) in [5.74, 6) is 2.96. The van der Waals surface area contributed by atoms with E-state index in [0.717, 1.165) is 50.5 Å². The Morgan fingerprint density at radius 1 is 0.423 bits per heavy atom. The van der Waals surface area contributed by atoms with Gasteiger partial charge in [-0.05, 0) is 87.3 Å². The lowest BCUT2D eigenvalue weighted by atomic mass is 9.82. The number of hydrogen-bond donors (Lipinski definition) is 0. The van der Waals surface area contributed by atoms with Gasteiger partial charge in [0.1, 0.15) is 11.5 Å². The maximum Gasteiger partial charge on any atom is 0.177 e. The molecular weight excluding hydrogens is 635 g/mol. The largest absolute Gasteiger partial charge is 0.453 e. The second-order valence-electron chi connectivity index (χ2n) is 14.1. The molecule has 1 aliphatic heterocycles. The van der Waals surface area contributed by atoms with Crippen molar-refractivity contribution in [2.75, 3.05) is 4.90 Å². The fraction of sp³-hybridized carbons (Fsp3) is 0.0612. The van der Waals surface area contributed by atoms with Gasteiger partial charge in [-0.15, -0.1) is 0 Å². The van der Waals surface area contributed by atoms with E-state index in [1.165, 1.54) is 33.4 Å². The Morgan fingerprint density at radius 3 is 1.83 bits per heavy atom. The maximum absolute atomic E-state index is 6.85. The molecule has 0 spiro atoms. The molecule has 0 amide bonds. The van der Waals surface area contributed by atoms with Crippen molar-refractivity contribution in [3.63, 3.8) is 0 Å². The first kappa shape index (κ1) is 30.3. The first-order valence-corrected chi connectivity index (χ1v) is 17.8. The highest BCUT2D eigenvalue weighted by Crippen LogP contribution is 2.54. The first-order chi connectivity index (χ1) is 25.5. The van der Waals surface area contributed by atoms with Gasteiger partial charge in [-0.3, -0.25) is 0 Å². The van der Waals surface area contributed by atoms with Gasteiger partial charge >= 0.3 is 0 Å². The van der Waals surface area contributed by atoms with Crippen LogP contribution in [0, 0.1) is 0 Å². The van der Waals surface area contributed by atoms with Gasteiger partial charge in [0, 0.05) is 27.9 Å². The average molecular weight is 670 g/mol. The molecule has 3 heteroatoms. The van der Waals surface area contributed by atoms with Crippen molar-refractivity contribution in [2.24, 2.45) is 0 Å². The van der Waals surface area contributed by atoms with E-state index in [2.05, 4.69) is 164 Å². The van der Waals surface area contributed by atoms with E-state index in [0.29, 0.717) is 11.5 Å². The monoisotopic (exact) mass is 669 g/mol. The number of nitrogens with zero attached hydrogens (tertiary/aromatic N) is 1. The summed E-state index contributed by atoms with van der Waals surface area (Å²) in [7, 11) is 0. The van der Waals surface area contributed by atoms with Crippen LogP contribution >= 0.6 is 0 Å². The number of benzene rings is 8. The Kier molecular flexibility index (Phi) is 6.84. The summed E-state index contributed by atoms with van der Waals surface area (Å²) in [6.45, 7) is 4.67. The van der Waals surface area contributed by atoms with Crippen LogP contribution in [0.5, 0.6) is 23.0 Å². The fourth-order valence-corrected chi connectivity index (χ4v) is 8.17. The molecule has 0 bridgehead atoms. The molecule has 10 rings (SSSR count). The fourth-order valence-electron chi connectivity index (χ4n) is 8.17. The van der Waals surface area contributed by atoms with Crippen molar-refractivity contribution in [3.8, 4) is 56.4 Å². The van der Waals surface area contributed by atoms with Gasteiger partial charge in [0.25, 0.3) is 0 Å². The van der Waals surface area contributed by atoms with Gasteiger partial charge in [-0.1, -0.05) is 141 Å². The molecule has 0 unspecified atom stereocenters. The van der Waals surface area contributed by atoms with Gasteiger partial charge in [-0.25, -0.2) is 0 Å². The van der Waals surface area contributed by atoms with Crippen LogP contribution in [0.25, 0.3) is 44.2 Å². The normalized spacial score (nSPS) is 13.3.